The summed E-state index contributed by atoms with van der Waals surface area (Å²) in [6.07, 6.45) is 11.4. The second-order valence-corrected chi connectivity index (χ2v) is 5.65. The minimum Gasteiger partial charge on any atom is -0.300 e. The van der Waals surface area contributed by atoms with Gasteiger partial charge in [-0.3, -0.25) is 4.90 Å². The lowest BCUT2D eigenvalue weighted by atomic mass is 10.00. The summed E-state index contributed by atoms with van der Waals surface area (Å²) in [5.74, 6) is 0.865. The van der Waals surface area contributed by atoms with Crippen LogP contribution >= 0.6 is 12.6 Å². The van der Waals surface area contributed by atoms with E-state index in [-0.39, 0.29) is 0 Å². The summed E-state index contributed by atoms with van der Waals surface area (Å²) < 4.78 is 0. The Bertz CT molecular complexity index is 228. The van der Waals surface area contributed by atoms with Gasteiger partial charge in [-0.1, -0.05) is 18.6 Å². The molecule has 0 saturated carbocycles. The molecule has 98 valence electrons. The van der Waals surface area contributed by atoms with Crippen LogP contribution in [0.3, 0.4) is 0 Å². The highest BCUT2D eigenvalue weighted by Crippen LogP contribution is 2.20. The lowest BCUT2D eigenvalue weighted by Crippen LogP contribution is -2.46. The molecule has 0 N–H and O–H groups in total. The molecular formula is C14H26N2S. The van der Waals surface area contributed by atoms with E-state index < -0.39 is 0 Å². The van der Waals surface area contributed by atoms with E-state index in [0.29, 0.717) is 0 Å². The smallest absolute Gasteiger partial charge is 0.0163 e. The van der Waals surface area contributed by atoms with E-state index in [1.807, 2.05) is 0 Å². The third kappa shape index (κ3) is 4.31. The van der Waals surface area contributed by atoms with Gasteiger partial charge in [-0.2, -0.15) is 12.6 Å². The van der Waals surface area contributed by atoms with Crippen LogP contribution in [0.2, 0.25) is 0 Å². The molecule has 2 heterocycles. The molecule has 0 radical (unpaired) electrons. The minimum absolute atomic E-state index is 0.865. The lowest BCUT2D eigenvalue weighted by Gasteiger charge is -2.40. The van der Waals surface area contributed by atoms with Crippen LogP contribution in [0.4, 0.5) is 0 Å². The Morgan fingerprint density at radius 1 is 0.941 bits per heavy atom. The number of hydrogen-bond acceptors (Lipinski definition) is 3. The molecule has 3 heteroatoms. The van der Waals surface area contributed by atoms with E-state index >= 15 is 0 Å². The van der Waals surface area contributed by atoms with E-state index in [1.165, 1.54) is 58.3 Å². The number of likely N-dealkylation sites (tertiary alicyclic amines) is 2. The van der Waals surface area contributed by atoms with Gasteiger partial charge in [0.05, 0.1) is 0 Å². The Kier molecular flexibility index (Phi) is 5.89. The van der Waals surface area contributed by atoms with Crippen molar-refractivity contribution in [2.24, 2.45) is 0 Å². The van der Waals surface area contributed by atoms with Crippen LogP contribution < -0.4 is 0 Å². The molecule has 0 bridgehead atoms. The van der Waals surface area contributed by atoms with Gasteiger partial charge < -0.3 is 4.90 Å². The molecule has 2 fully saturated rings. The molecule has 2 saturated heterocycles. The van der Waals surface area contributed by atoms with Crippen LogP contribution in [0.1, 0.15) is 32.1 Å². The maximum atomic E-state index is 4.19. The normalized spacial score (nSPS) is 25.7. The van der Waals surface area contributed by atoms with Gasteiger partial charge in [0.15, 0.2) is 0 Å². The highest BCUT2D eigenvalue weighted by molar-refractivity contribution is 7.80. The van der Waals surface area contributed by atoms with Crippen LogP contribution in [-0.4, -0.2) is 54.3 Å². The Morgan fingerprint density at radius 2 is 1.65 bits per heavy atom. The maximum Gasteiger partial charge on any atom is 0.0163 e. The van der Waals surface area contributed by atoms with Crippen molar-refractivity contribution >= 4 is 12.6 Å². The zero-order valence-corrected chi connectivity index (χ0v) is 11.7. The topological polar surface area (TPSA) is 6.48 Å². The zero-order valence-electron chi connectivity index (χ0n) is 10.9. The first-order valence-corrected chi connectivity index (χ1v) is 7.75. The van der Waals surface area contributed by atoms with Gasteiger partial charge >= 0.3 is 0 Å². The third-order valence-electron chi connectivity index (χ3n) is 4.10. The summed E-state index contributed by atoms with van der Waals surface area (Å²) in [5, 5.41) is 0. The molecule has 0 spiro atoms. The highest BCUT2D eigenvalue weighted by atomic mass is 32.1. The Morgan fingerprint density at radius 3 is 2.29 bits per heavy atom. The quantitative estimate of drug-likeness (QED) is 0.608. The van der Waals surface area contributed by atoms with Crippen LogP contribution in [-0.2, 0) is 0 Å². The fourth-order valence-electron chi connectivity index (χ4n) is 3.05. The fourth-order valence-corrected chi connectivity index (χ4v) is 3.20. The van der Waals surface area contributed by atoms with Crippen molar-refractivity contribution in [1.29, 1.82) is 0 Å². The number of piperidine rings is 2. The fraction of sp³-hybridized carbons (Fsp3) is 0.857. The second-order valence-electron chi connectivity index (χ2n) is 5.28. The molecule has 0 aliphatic carbocycles. The minimum atomic E-state index is 0.865. The second kappa shape index (κ2) is 7.45. The molecule has 0 aromatic heterocycles. The first kappa shape index (κ1) is 13.4. The predicted molar refractivity (Wildman–Crippen MR) is 77.9 cm³/mol. The first-order chi connectivity index (χ1) is 8.40. The highest BCUT2D eigenvalue weighted by Gasteiger charge is 2.24. The predicted octanol–water partition coefficient (Wildman–Crippen LogP) is 2.42. The number of thiol groups is 1. The van der Waals surface area contributed by atoms with Crippen LogP contribution in [0, 0.1) is 0 Å². The number of rotatable bonds is 4. The van der Waals surface area contributed by atoms with Gasteiger partial charge in [0.1, 0.15) is 0 Å². The van der Waals surface area contributed by atoms with Gasteiger partial charge in [0.25, 0.3) is 0 Å². The van der Waals surface area contributed by atoms with Crippen molar-refractivity contribution < 1.29 is 0 Å². The molecule has 2 rings (SSSR count). The van der Waals surface area contributed by atoms with Crippen LogP contribution in [0.25, 0.3) is 0 Å². The molecule has 0 aromatic rings. The Labute approximate surface area is 111 Å². The van der Waals surface area contributed by atoms with E-state index in [9.17, 15) is 0 Å². The van der Waals surface area contributed by atoms with Gasteiger partial charge in [-0.25, -0.2) is 0 Å². The maximum absolute atomic E-state index is 4.19. The Hall–Kier alpha value is 0.01000. The largest absolute Gasteiger partial charge is 0.300 e. The third-order valence-corrected chi connectivity index (χ3v) is 4.31. The van der Waals surface area contributed by atoms with Crippen molar-refractivity contribution in [2.75, 3.05) is 38.5 Å². The molecular weight excluding hydrogens is 228 g/mol. The zero-order chi connectivity index (χ0) is 11.9. The van der Waals surface area contributed by atoms with E-state index in [4.69, 9.17) is 0 Å². The van der Waals surface area contributed by atoms with Gasteiger partial charge in [-0.15, -0.1) is 0 Å². The van der Waals surface area contributed by atoms with Crippen molar-refractivity contribution in [1.82, 2.24) is 9.80 Å². The van der Waals surface area contributed by atoms with Crippen LogP contribution in [0.15, 0.2) is 12.2 Å². The molecule has 0 amide bonds. The summed E-state index contributed by atoms with van der Waals surface area (Å²) >= 11 is 4.19. The lowest BCUT2D eigenvalue weighted by molar-refractivity contribution is 0.0974. The van der Waals surface area contributed by atoms with Crippen molar-refractivity contribution in [3.05, 3.63) is 12.2 Å². The summed E-state index contributed by atoms with van der Waals surface area (Å²) in [5.41, 5.74) is 0. The summed E-state index contributed by atoms with van der Waals surface area (Å²) in [7, 11) is 0. The van der Waals surface area contributed by atoms with Gasteiger partial charge in [0, 0.05) is 18.3 Å². The van der Waals surface area contributed by atoms with Crippen molar-refractivity contribution in [3.8, 4) is 0 Å². The molecule has 17 heavy (non-hydrogen) atoms. The van der Waals surface area contributed by atoms with Gasteiger partial charge in [0.2, 0.25) is 0 Å². The molecule has 0 unspecified atom stereocenters. The molecule has 0 atom stereocenters. The Balaban J connectivity index is 1.68. The summed E-state index contributed by atoms with van der Waals surface area (Å²) in [4.78, 5) is 5.31. The van der Waals surface area contributed by atoms with Crippen molar-refractivity contribution in [2.45, 2.75) is 38.1 Å². The van der Waals surface area contributed by atoms with Gasteiger partial charge in [-0.05, 0) is 51.9 Å². The molecule has 2 nitrogen and oxygen atoms in total. The average Bonchev–Trinajstić information content (AvgIpc) is 2.41. The monoisotopic (exact) mass is 254 g/mol. The summed E-state index contributed by atoms with van der Waals surface area (Å²) in [6.45, 7) is 6.37. The summed E-state index contributed by atoms with van der Waals surface area (Å²) in [6, 6.07) is 0.875. The average molecular weight is 254 g/mol. The number of nitrogens with zero attached hydrogens (tertiary/aromatic N) is 2. The van der Waals surface area contributed by atoms with E-state index in [2.05, 4.69) is 34.6 Å². The molecule has 2 aliphatic heterocycles. The van der Waals surface area contributed by atoms with Crippen LogP contribution in [0.5, 0.6) is 0 Å². The van der Waals surface area contributed by atoms with Crippen molar-refractivity contribution in [3.63, 3.8) is 0 Å². The standard InChI is InChI=1S/C14H26N2S/c17-13-5-4-8-15-11-6-14(7-12-15)16-9-2-1-3-10-16/h4-5,14,17H,1-3,6-13H2. The van der Waals surface area contributed by atoms with E-state index in [0.717, 1.165) is 18.3 Å². The SMILES string of the molecule is SCC=CCN1CCC(N2CCCCC2)CC1. The number of hydrogen-bond donors (Lipinski definition) is 1. The first-order valence-electron chi connectivity index (χ1n) is 7.12. The van der Waals surface area contributed by atoms with E-state index in [1.54, 1.807) is 0 Å². The molecule has 0 aromatic carbocycles. The molecule has 2 aliphatic rings.